The molecule has 0 heterocycles. The molecule has 208 valence electrons. The smallest absolute Gasteiger partial charge is 0.252 e. The molecule has 4 aromatic rings. The lowest BCUT2D eigenvalue weighted by atomic mass is 10.0. The average Bonchev–Trinajstić information content (AvgIpc) is 3.03. The van der Waals surface area contributed by atoms with Crippen LogP contribution in [0.5, 0.6) is 0 Å². The number of rotatable bonds is 9. The van der Waals surface area contributed by atoms with Gasteiger partial charge in [-0.2, -0.15) is 0 Å². The molecule has 3 N–H and O–H groups in total. The van der Waals surface area contributed by atoms with E-state index >= 15 is 0 Å². The molecule has 0 aromatic heterocycles. The van der Waals surface area contributed by atoms with Crippen LogP contribution in [0, 0.1) is 0 Å². The molecule has 0 aliphatic carbocycles. The van der Waals surface area contributed by atoms with Crippen molar-refractivity contribution in [2.75, 3.05) is 26.2 Å². The van der Waals surface area contributed by atoms with Crippen molar-refractivity contribution in [2.24, 2.45) is 16.0 Å². The molecular formula is C30H29ClN8O2. The van der Waals surface area contributed by atoms with Gasteiger partial charge >= 0.3 is 0 Å². The molecule has 0 unspecified atom stereocenters. The van der Waals surface area contributed by atoms with Gasteiger partial charge in [0.25, 0.3) is 11.1 Å². The van der Waals surface area contributed by atoms with E-state index in [0.717, 1.165) is 22.3 Å². The molecule has 10 nitrogen and oxygen atoms in total. The molecule has 0 radical (unpaired) electrons. The molecule has 0 spiro atoms. The maximum atomic E-state index is 11.8. The second kappa shape index (κ2) is 19.0. The minimum absolute atomic E-state index is 0.169. The Balaban J connectivity index is 0.000000246. The van der Waals surface area contributed by atoms with Gasteiger partial charge in [-0.1, -0.05) is 95.2 Å². The van der Waals surface area contributed by atoms with E-state index in [4.69, 9.17) is 28.4 Å². The Kier molecular flexibility index (Phi) is 14.9. The fourth-order valence-corrected chi connectivity index (χ4v) is 3.46. The normalized spacial score (nSPS) is 9.32. The first-order chi connectivity index (χ1) is 20.0. The molecule has 4 aromatic carbocycles. The molecule has 0 bridgehead atoms. The first-order valence-corrected chi connectivity index (χ1v) is 12.9. The Morgan fingerprint density at radius 1 is 0.659 bits per heavy atom. The molecule has 0 saturated heterocycles. The number of nitrogens with one attached hydrogen (secondary N) is 1. The Morgan fingerprint density at radius 3 is 1.46 bits per heavy atom. The van der Waals surface area contributed by atoms with Crippen LogP contribution < -0.4 is 11.1 Å². The summed E-state index contributed by atoms with van der Waals surface area (Å²) in [4.78, 5) is 27.8. The summed E-state index contributed by atoms with van der Waals surface area (Å²) in [7, 11) is 0. The van der Waals surface area contributed by atoms with Crippen LogP contribution in [0.1, 0.15) is 20.7 Å². The third kappa shape index (κ3) is 12.1. The van der Waals surface area contributed by atoms with Crippen molar-refractivity contribution in [3.05, 3.63) is 141 Å². The Bertz CT molecular complexity index is 1450. The van der Waals surface area contributed by atoms with Crippen LogP contribution in [0.15, 0.2) is 119 Å². The summed E-state index contributed by atoms with van der Waals surface area (Å²) in [5, 5.41) is 8.77. The van der Waals surface area contributed by atoms with Gasteiger partial charge in [-0.15, -0.1) is 0 Å². The summed E-state index contributed by atoms with van der Waals surface area (Å²) >= 11 is 5.36. The van der Waals surface area contributed by atoms with Crippen LogP contribution in [0.4, 0.5) is 0 Å². The van der Waals surface area contributed by atoms with E-state index in [9.17, 15) is 9.59 Å². The highest BCUT2D eigenvalue weighted by atomic mass is 35.5. The molecule has 41 heavy (non-hydrogen) atoms. The number of benzene rings is 4. The second-order valence-electron chi connectivity index (χ2n) is 8.11. The van der Waals surface area contributed by atoms with Gasteiger partial charge in [0, 0.05) is 40.6 Å². The van der Waals surface area contributed by atoms with Gasteiger partial charge in [-0.25, -0.2) is 0 Å². The van der Waals surface area contributed by atoms with Crippen molar-refractivity contribution in [2.45, 2.75) is 0 Å². The van der Waals surface area contributed by atoms with Gasteiger partial charge in [-0.3, -0.25) is 9.59 Å². The monoisotopic (exact) mass is 568 g/mol. The van der Waals surface area contributed by atoms with Crippen LogP contribution in [0.3, 0.4) is 0 Å². The fraction of sp³-hybridized carbons (Fsp3) is 0.133. The number of carbonyl (C=O) groups is 2. The van der Waals surface area contributed by atoms with E-state index in [1.807, 2.05) is 84.9 Å². The van der Waals surface area contributed by atoms with Crippen molar-refractivity contribution < 1.29 is 9.59 Å². The van der Waals surface area contributed by atoms with Crippen LogP contribution in [-0.4, -0.2) is 37.3 Å². The first kappa shape index (κ1) is 32.1. The maximum Gasteiger partial charge on any atom is 0.252 e. The SMILES string of the molecule is O=C(Cl)c1ccc(-c2ccccc2)cc1.[N-]=[N+]=NCCN.[N-]=[N+]=NCCNC(=O)c1ccc(-c2ccccc2)cc1. The highest BCUT2D eigenvalue weighted by Crippen LogP contribution is 2.20. The van der Waals surface area contributed by atoms with Crippen molar-refractivity contribution in [1.29, 1.82) is 0 Å². The summed E-state index contributed by atoms with van der Waals surface area (Å²) in [6.45, 7) is 1.42. The molecule has 0 saturated carbocycles. The standard InChI is InChI=1S/C15H14N4O.C13H9ClO.C2H6N4/c16-19-18-11-10-17-15(20)14-8-6-13(7-9-14)12-4-2-1-3-5-12;14-13(15)12-8-6-11(7-9-12)10-4-2-1-3-5-10;3-1-2-5-6-4/h1-9H,10-11H2,(H,17,20);1-9H;1-3H2. The molecule has 1 amide bonds. The zero-order valence-corrected chi connectivity index (χ0v) is 22.9. The molecule has 4 rings (SSSR count). The molecule has 11 heteroatoms. The van der Waals surface area contributed by atoms with E-state index in [-0.39, 0.29) is 12.5 Å². The summed E-state index contributed by atoms with van der Waals surface area (Å²) in [5.74, 6) is -0.169. The predicted octanol–water partition coefficient (Wildman–Crippen LogP) is 7.38. The fourth-order valence-electron chi connectivity index (χ4n) is 3.34. The Morgan fingerprint density at radius 2 is 1.07 bits per heavy atom. The van der Waals surface area contributed by atoms with E-state index < -0.39 is 5.24 Å². The van der Waals surface area contributed by atoms with Gasteiger partial charge in [-0.05, 0) is 75.7 Å². The Labute approximate surface area is 243 Å². The zero-order chi connectivity index (χ0) is 29.7. The number of hydrogen-bond acceptors (Lipinski definition) is 5. The molecule has 0 aliphatic rings. The number of nitrogens with zero attached hydrogens (tertiary/aromatic N) is 6. The number of azide groups is 2. The lowest BCUT2D eigenvalue weighted by molar-refractivity contribution is 0.0954. The van der Waals surface area contributed by atoms with Gasteiger partial charge in [0.05, 0.1) is 0 Å². The minimum atomic E-state index is -0.422. The highest BCUT2D eigenvalue weighted by Gasteiger charge is 2.05. The number of halogens is 1. The zero-order valence-electron chi connectivity index (χ0n) is 22.2. The summed E-state index contributed by atoms with van der Waals surface area (Å²) < 4.78 is 0. The largest absolute Gasteiger partial charge is 0.352 e. The summed E-state index contributed by atoms with van der Waals surface area (Å²) in [6, 6.07) is 34.6. The summed E-state index contributed by atoms with van der Waals surface area (Å²) in [6.07, 6.45) is 0. The lowest BCUT2D eigenvalue weighted by Gasteiger charge is -2.05. The highest BCUT2D eigenvalue weighted by molar-refractivity contribution is 6.67. The molecule has 0 fully saturated rings. The van der Waals surface area contributed by atoms with Gasteiger partial charge < -0.3 is 11.1 Å². The molecule has 0 atom stereocenters. The number of amides is 1. The van der Waals surface area contributed by atoms with E-state index in [2.05, 4.69) is 25.4 Å². The van der Waals surface area contributed by atoms with E-state index in [1.165, 1.54) is 0 Å². The van der Waals surface area contributed by atoms with E-state index in [0.29, 0.717) is 30.8 Å². The Hall–Kier alpha value is -5.11. The van der Waals surface area contributed by atoms with Crippen molar-refractivity contribution in [3.8, 4) is 22.3 Å². The minimum Gasteiger partial charge on any atom is -0.352 e. The van der Waals surface area contributed by atoms with E-state index in [1.54, 1.807) is 24.3 Å². The van der Waals surface area contributed by atoms with Gasteiger partial charge in [0.15, 0.2) is 0 Å². The lowest BCUT2D eigenvalue weighted by Crippen LogP contribution is -2.25. The third-order valence-electron chi connectivity index (χ3n) is 5.33. The first-order valence-electron chi connectivity index (χ1n) is 12.5. The van der Waals surface area contributed by atoms with Crippen LogP contribution >= 0.6 is 11.6 Å². The van der Waals surface area contributed by atoms with Crippen molar-refractivity contribution >= 4 is 22.8 Å². The van der Waals surface area contributed by atoms with Crippen LogP contribution in [-0.2, 0) is 0 Å². The number of carbonyl (C=O) groups excluding carboxylic acids is 2. The number of hydrogen-bond donors (Lipinski definition) is 2. The third-order valence-corrected chi connectivity index (χ3v) is 5.54. The molecular weight excluding hydrogens is 540 g/mol. The number of nitrogens with two attached hydrogens (primary N) is 1. The topological polar surface area (TPSA) is 170 Å². The van der Waals surface area contributed by atoms with Gasteiger partial charge in [0.2, 0.25) is 0 Å². The average molecular weight is 569 g/mol. The van der Waals surface area contributed by atoms with Crippen LogP contribution in [0.2, 0.25) is 0 Å². The quantitative estimate of drug-likeness (QED) is 0.0706. The van der Waals surface area contributed by atoms with Crippen molar-refractivity contribution in [3.63, 3.8) is 0 Å². The molecule has 0 aliphatic heterocycles. The van der Waals surface area contributed by atoms with Gasteiger partial charge in [0.1, 0.15) is 0 Å². The summed E-state index contributed by atoms with van der Waals surface area (Å²) in [5.41, 5.74) is 26.2. The predicted molar refractivity (Wildman–Crippen MR) is 163 cm³/mol. The van der Waals surface area contributed by atoms with Crippen LogP contribution in [0.25, 0.3) is 43.1 Å². The second-order valence-corrected chi connectivity index (χ2v) is 8.46. The van der Waals surface area contributed by atoms with Crippen molar-refractivity contribution in [1.82, 2.24) is 5.32 Å². The maximum absolute atomic E-state index is 11.8.